The number of aromatic nitrogens is 2. The van der Waals surface area contributed by atoms with Crippen LogP contribution >= 0.6 is 23.1 Å². The van der Waals surface area contributed by atoms with Gasteiger partial charge in [0, 0.05) is 24.0 Å². The summed E-state index contributed by atoms with van der Waals surface area (Å²) >= 11 is 2.75. The van der Waals surface area contributed by atoms with Crippen LogP contribution in [0.4, 0.5) is 0 Å². The second-order valence-electron chi connectivity index (χ2n) is 6.30. The number of Topliss-reactive ketones (excluding diaryl/α,β-unsaturated/α-hetero) is 1. The predicted octanol–water partition coefficient (Wildman–Crippen LogP) is 3.37. The van der Waals surface area contributed by atoms with Gasteiger partial charge in [-0.2, -0.15) is 0 Å². The third kappa shape index (κ3) is 5.37. The van der Waals surface area contributed by atoms with Gasteiger partial charge in [-0.3, -0.25) is 14.2 Å². The van der Waals surface area contributed by atoms with Gasteiger partial charge in [0.1, 0.15) is 0 Å². The molecule has 0 saturated heterocycles. The van der Waals surface area contributed by atoms with Crippen molar-refractivity contribution in [2.24, 2.45) is 0 Å². The number of para-hydroxylation sites is 1. The molecular formula is C21H21N3O4S2. The van der Waals surface area contributed by atoms with Crippen molar-refractivity contribution in [1.29, 1.82) is 0 Å². The number of nitrogens with zero attached hydrogens (tertiary/aromatic N) is 2. The number of imidazole rings is 1. The molecule has 2 aromatic heterocycles. The van der Waals surface area contributed by atoms with Crippen LogP contribution in [0, 0.1) is 0 Å². The number of ether oxygens (including phenoxy) is 1. The molecule has 0 bridgehead atoms. The fourth-order valence-electron chi connectivity index (χ4n) is 2.75. The molecular weight excluding hydrogens is 422 g/mol. The van der Waals surface area contributed by atoms with Crippen molar-refractivity contribution in [1.82, 2.24) is 14.9 Å². The number of hydrogen-bond donors (Lipinski definition) is 1. The number of benzene rings is 1. The van der Waals surface area contributed by atoms with E-state index in [1.807, 2.05) is 42.7 Å². The minimum atomic E-state index is -0.609. The molecule has 1 N–H and O–H groups in total. The van der Waals surface area contributed by atoms with Crippen molar-refractivity contribution in [3.63, 3.8) is 0 Å². The zero-order valence-electron chi connectivity index (χ0n) is 16.6. The molecule has 9 heteroatoms. The van der Waals surface area contributed by atoms with Crippen LogP contribution in [0.3, 0.4) is 0 Å². The van der Waals surface area contributed by atoms with E-state index in [1.165, 1.54) is 36.2 Å². The van der Waals surface area contributed by atoms with Gasteiger partial charge < -0.3 is 10.1 Å². The first kappa shape index (κ1) is 21.8. The highest BCUT2D eigenvalue weighted by molar-refractivity contribution is 7.98. The molecule has 2 heterocycles. The van der Waals surface area contributed by atoms with Crippen LogP contribution in [0.15, 0.2) is 53.8 Å². The van der Waals surface area contributed by atoms with Gasteiger partial charge in [0.15, 0.2) is 17.5 Å². The Balaban J connectivity index is 1.64. The maximum absolute atomic E-state index is 12.6. The Hall–Kier alpha value is -2.91. The van der Waals surface area contributed by atoms with Crippen LogP contribution in [-0.4, -0.2) is 46.6 Å². The highest BCUT2D eigenvalue weighted by Crippen LogP contribution is 2.22. The Kier molecular flexibility index (Phi) is 7.42. The first-order chi connectivity index (χ1) is 14.5. The van der Waals surface area contributed by atoms with Gasteiger partial charge >= 0.3 is 5.97 Å². The summed E-state index contributed by atoms with van der Waals surface area (Å²) in [5.41, 5.74) is 1.06. The molecule has 0 fully saturated rings. The van der Waals surface area contributed by atoms with Crippen molar-refractivity contribution in [3.8, 4) is 5.69 Å². The zero-order chi connectivity index (χ0) is 21.5. The molecule has 3 aromatic rings. The minimum absolute atomic E-state index is 0.0888. The second kappa shape index (κ2) is 10.2. The molecule has 1 aromatic carbocycles. The molecule has 0 radical (unpaired) electrons. The number of thioether (sulfide) groups is 1. The molecule has 7 nitrogen and oxygen atoms in total. The quantitative estimate of drug-likeness (QED) is 0.310. The molecule has 30 heavy (non-hydrogen) atoms. The standard InChI is InChI=1S/C21H21N3O4S2/c1-14(25)22-11-10-16-8-9-19(30-16)18(26)13-28-20(27)17-12-23-21(29-2)24(17)15-6-4-3-5-7-15/h3-9,12H,10-11,13H2,1-2H3,(H,22,25). The first-order valence-electron chi connectivity index (χ1n) is 9.20. The van der Waals surface area contributed by atoms with E-state index in [9.17, 15) is 14.4 Å². The number of ketones is 1. The van der Waals surface area contributed by atoms with E-state index in [2.05, 4.69) is 10.3 Å². The first-order valence-corrected chi connectivity index (χ1v) is 11.2. The third-order valence-corrected chi connectivity index (χ3v) is 5.99. The molecule has 0 atom stereocenters. The van der Waals surface area contributed by atoms with Crippen molar-refractivity contribution in [2.45, 2.75) is 18.5 Å². The molecule has 0 saturated carbocycles. The highest BCUT2D eigenvalue weighted by atomic mass is 32.2. The summed E-state index contributed by atoms with van der Waals surface area (Å²) in [6.45, 7) is 1.63. The monoisotopic (exact) mass is 443 g/mol. The molecule has 0 aliphatic rings. The highest BCUT2D eigenvalue weighted by Gasteiger charge is 2.20. The van der Waals surface area contributed by atoms with Gasteiger partial charge in [0.05, 0.1) is 11.1 Å². The van der Waals surface area contributed by atoms with E-state index in [-0.39, 0.29) is 24.0 Å². The molecule has 156 valence electrons. The van der Waals surface area contributed by atoms with Crippen LogP contribution < -0.4 is 5.32 Å². The summed E-state index contributed by atoms with van der Waals surface area (Å²) in [5, 5.41) is 3.37. The lowest BCUT2D eigenvalue weighted by molar-refractivity contribution is -0.118. The molecule has 0 aliphatic heterocycles. The van der Waals surface area contributed by atoms with E-state index in [4.69, 9.17) is 4.74 Å². The van der Waals surface area contributed by atoms with Gasteiger partial charge in [-0.1, -0.05) is 30.0 Å². The largest absolute Gasteiger partial charge is 0.453 e. The van der Waals surface area contributed by atoms with Crippen LogP contribution in [-0.2, 0) is 16.0 Å². The second-order valence-corrected chi connectivity index (χ2v) is 8.24. The average Bonchev–Trinajstić information content (AvgIpc) is 3.39. The zero-order valence-corrected chi connectivity index (χ0v) is 18.2. The van der Waals surface area contributed by atoms with Crippen LogP contribution in [0.5, 0.6) is 0 Å². The lowest BCUT2D eigenvalue weighted by atomic mass is 10.3. The Bertz CT molecular complexity index is 1040. The smallest absolute Gasteiger partial charge is 0.357 e. The van der Waals surface area contributed by atoms with Gasteiger partial charge in [0.25, 0.3) is 0 Å². The van der Waals surface area contributed by atoms with Gasteiger partial charge in [-0.15, -0.1) is 11.3 Å². The van der Waals surface area contributed by atoms with Gasteiger partial charge in [-0.05, 0) is 36.9 Å². The Morgan fingerprint density at radius 3 is 2.63 bits per heavy atom. The normalized spacial score (nSPS) is 10.6. The summed E-state index contributed by atoms with van der Waals surface area (Å²) in [6.07, 6.45) is 3.97. The number of thiophene rings is 1. The van der Waals surface area contributed by atoms with Crippen LogP contribution in [0.2, 0.25) is 0 Å². The maximum Gasteiger partial charge on any atom is 0.357 e. The number of rotatable bonds is 9. The number of nitrogens with one attached hydrogen (secondary N) is 1. The third-order valence-electron chi connectivity index (χ3n) is 4.15. The van der Waals surface area contributed by atoms with Crippen molar-refractivity contribution < 1.29 is 19.1 Å². The molecule has 0 spiro atoms. The van der Waals surface area contributed by atoms with Gasteiger partial charge in [0.2, 0.25) is 11.7 Å². The fourth-order valence-corrected chi connectivity index (χ4v) is 4.23. The van der Waals surface area contributed by atoms with Crippen molar-refractivity contribution in [2.75, 3.05) is 19.4 Å². The number of carbonyl (C=O) groups is 3. The molecule has 1 amide bonds. The van der Waals surface area contributed by atoms with Gasteiger partial charge in [-0.25, -0.2) is 9.78 Å². The average molecular weight is 444 g/mol. The van der Waals surface area contributed by atoms with Crippen molar-refractivity contribution in [3.05, 3.63) is 64.1 Å². The van der Waals surface area contributed by atoms with E-state index in [0.29, 0.717) is 23.0 Å². The van der Waals surface area contributed by atoms with E-state index in [1.54, 1.807) is 10.6 Å². The number of amides is 1. The SMILES string of the molecule is CSc1ncc(C(=O)OCC(=O)c2ccc(CCNC(C)=O)s2)n1-c1ccccc1. The van der Waals surface area contributed by atoms with Crippen molar-refractivity contribution >= 4 is 40.8 Å². The molecule has 3 rings (SSSR count). The summed E-state index contributed by atoms with van der Waals surface area (Å²) in [6, 6.07) is 12.9. The summed E-state index contributed by atoms with van der Waals surface area (Å²) < 4.78 is 6.99. The lowest BCUT2D eigenvalue weighted by Crippen LogP contribution is -2.22. The lowest BCUT2D eigenvalue weighted by Gasteiger charge is -2.10. The Labute approximate surface area is 182 Å². The topological polar surface area (TPSA) is 90.3 Å². The summed E-state index contributed by atoms with van der Waals surface area (Å²) in [5.74, 6) is -0.966. The Morgan fingerprint density at radius 2 is 1.93 bits per heavy atom. The fraction of sp³-hybridized carbons (Fsp3) is 0.238. The molecule has 0 unspecified atom stereocenters. The predicted molar refractivity (Wildman–Crippen MR) is 117 cm³/mol. The van der Waals surface area contributed by atoms with Crippen LogP contribution in [0.25, 0.3) is 5.69 Å². The number of esters is 1. The molecule has 0 aliphatic carbocycles. The van der Waals surface area contributed by atoms with Crippen LogP contribution in [0.1, 0.15) is 32.0 Å². The minimum Gasteiger partial charge on any atom is -0.453 e. The summed E-state index contributed by atoms with van der Waals surface area (Å²) in [4.78, 5) is 41.8. The maximum atomic E-state index is 12.6. The number of hydrogen-bond acceptors (Lipinski definition) is 7. The Morgan fingerprint density at radius 1 is 1.17 bits per heavy atom. The number of carbonyl (C=O) groups excluding carboxylic acids is 3. The summed E-state index contributed by atoms with van der Waals surface area (Å²) in [7, 11) is 0. The van der Waals surface area contributed by atoms with E-state index >= 15 is 0 Å². The van der Waals surface area contributed by atoms with E-state index < -0.39 is 5.97 Å². The van der Waals surface area contributed by atoms with E-state index in [0.717, 1.165) is 10.6 Å².